The average molecular weight is 253 g/mol. The molecule has 1 saturated heterocycles. The van der Waals surface area contributed by atoms with E-state index in [-0.39, 0.29) is 17.2 Å². The van der Waals surface area contributed by atoms with E-state index in [9.17, 15) is 9.18 Å². The molecule has 0 atom stereocenters. The second kappa shape index (κ2) is 5.37. The Morgan fingerprint density at radius 1 is 1.33 bits per heavy atom. The topological polar surface area (TPSA) is 70.0 Å². The fourth-order valence-corrected chi connectivity index (χ4v) is 1.95. The molecule has 1 aromatic rings. The normalized spacial score (nSPS) is 14.7. The van der Waals surface area contributed by atoms with E-state index < -0.39 is 13.1 Å². The largest absolute Gasteiger partial charge is 0.707 e. The number of hydrogen-bond donors (Lipinski definition) is 2. The molecule has 96 valence electrons. The predicted molar refractivity (Wildman–Crippen MR) is 62.4 cm³/mol. The predicted octanol–water partition coefficient (Wildman–Crippen LogP) is 0.410. The third-order valence-corrected chi connectivity index (χ3v) is 2.81. The average Bonchev–Trinajstić information content (AvgIpc) is 2.80. The molecular formula is C11H13BFNO4. The van der Waals surface area contributed by atoms with Gasteiger partial charge in [-0.05, 0) is 25.0 Å². The Morgan fingerprint density at radius 2 is 2.00 bits per heavy atom. The summed E-state index contributed by atoms with van der Waals surface area (Å²) in [5, 5.41) is 17.2. The van der Waals surface area contributed by atoms with Crippen LogP contribution in [0.5, 0.6) is 5.75 Å². The van der Waals surface area contributed by atoms with Gasteiger partial charge in [0.1, 0.15) is 11.6 Å². The molecule has 2 N–H and O–H groups in total. The van der Waals surface area contributed by atoms with Gasteiger partial charge < -0.3 is 19.6 Å². The van der Waals surface area contributed by atoms with Gasteiger partial charge in [-0.15, -0.1) is 0 Å². The maximum absolute atomic E-state index is 13.7. The van der Waals surface area contributed by atoms with Gasteiger partial charge in [-0.1, -0.05) is 0 Å². The summed E-state index contributed by atoms with van der Waals surface area (Å²) in [6.07, 6.45) is 1.87. The lowest BCUT2D eigenvalue weighted by Crippen LogP contribution is -2.28. The van der Waals surface area contributed by atoms with Gasteiger partial charge in [-0.25, -0.2) is 4.39 Å². The van der Waals surface area contributed by atoms with Crippen molar-refractivity contribution in [1.29, 1.82) is 0 Å². The summed E-state index contributed by atoms with van der Waals surface area (Å²) in [5.74, 6) is -1.12. The van der Waals surface area contributed by atoms with E-state index in [1.807, 2.05) is 0 Å². The Labute approximate surface area is 104 Å². The van der Waals surface area contributed by atoms with E-state index in [2.05, 4.69) is 4.65 Å². The molecular weight excluding hydrogens is 240 g/mol. The zero-order valence-electron chi connectivity index (χ0n) is 9.67. The molecule has 0 aromatic heterocycles. The van der Waals surface area contributed by atoms with Gasteiger partial charge in [0.25, 0.3) is 5.91 Å². The zero-order chi connectivity index (χ0) is 13.1. The first-order valence-corrected chi connectivity index (χ1v) is 5.69. The summed E-state index contributed by atoms with van der Waals surface area (Å²) >= 11 is 0. The lowest BCUT2D eigenvalue weighted by Gasteiger charge is -2.16. The van der Waals surface area contributed by atoms with Crippen LogP contribution in [0, 0.1) is 5.82 Å². The number of likely N-dealkylation sites (tertiary alicyclic amines) is 1. The summed E-state index contributed by atoms with van der Waals surface area (Å²) < 4.78 is 18.2. The highest BCUT2D eigenvalue weighted by atomic mass is 19.1. The lowest BCUT2D eigenvalue weighted by molar-refractivity contribution is 0.0788. The first kappa shape index (κ1) is 12.9. The number of carbonyl (C=O) groups excluding carboxylic acids is 1. The van der Waals surface area contributed by atoms with Crippen LogP contribution in [0.4, 0.5) is 4.39 Å². The standard InChI is InChI=1S/C11H13BFNO4/c13-10-7-8(18-12(16)17)3-4-9(10)11(15)14-5-1-2-6-14/h3-4,7,16-17H,1-2,5-6H2. The Bertz CT molecular complexity index is 449. The van der Waals surface area contributed by atoms with Crippen LogP contribution in [-0.4, -0.2) is 41.3 Å². The molecule has 0 aliphatic carbocycles. The van der Waals surface area contributed by atoms with E-state index in [1.165, 1.54) is 12.1 Å². The van der Waals surface area contributed by atoms with Crippen LogP contribution in [-0.2, 0) is 0 Å². The summed E-state index contributed by atoms with van der Waals surface area (Å²) in [5.41, 5.74) is -0.0309. The van der Waals surface area contributed by atoms with Crippen molar-refractivity contribution in [2.45, 2.75) is 12.8 Å². The van der Waals surface area contributed by atoms with Gasteiger partial charge in [-0.3, -0.25) is 4.79 Å². The van der Waals surface area contributed by atoms with Gasteiger partial charge in [0.05, 0.1) is 5.56 Å². The molecule has 1 aliphatic rings. The molecule has 0 radical (unpaired) electrons. The lowest BCUT2D eigenvalue weighted by atomic mass is 10.1. The zero-order valence-corrected chi connectivity index (χ0v) is 9.67. The number of benzene rings is 1. The van der Waals surface area contributed by atoms with E-state index in [0.29, 0.717) is 13.1 Å². The molecule has 18 heavy (non-hydrogen) atoms. The number of amides is 1. The quantitative estimate of drug-likeness (QED) is 0.765. The molecule has 1 amide bonds. The number of hydrogen-bond acceptors (Lipinski definition) is 4. The van der Waals surface area contributed by atoms with Crippen molar-refractivity contribution in [3.05, 3.63) is 29.6 Å². The van der Waals surface area contributed by atoms with Crippen molar-refractivity contribution in [2.75, 3.05) is 13.1 Å². The van der Waals surface area contributed by atoms with Gasteiger partial charge in [-0.2, -0.15) is 0 Å². The molecule has 0 spiro atoms. The van der Waals surface area contributed by atoms with Crippen LogP contribution in [0.1, 0.15) is 23.2 Å². The Kier molecular flexibility index (Phi) is 3.83. The molecule has 1 aromatic carbocycles. The molecule has 0 bridgehead atoms. The second-order valence-electron chi connectivity index (χ2n) is 4.09. The fraction of sp³-hybridized carbons (Fsp3) is 0.364. The third kappa shape index (κ3) is 2.80. The highest BCUT2D eigenvalue weighted by Gasteiger charge is 2.22. The van der Waals surface area contributed by atoms with Gasteiger partial charge in [0.15, 0.2) is 0 Å². The summed E-state index contributed by atoms with van der Waals surface area (Å²) in [6, 6.07) is 3.57. The first-order chi connectivity index (χ1) is 8.58. The minimum absolute atomic E-state index is 0.0309. The number of nitrogens with zero attached hydrogens (tertiary/aromatic N) is 1. The number of rotatable bonds is 3. The molecule has 1 fully saturated rings. The van der Waals surface area contributed by atoms with Crippen molar-refractivity contribution in [1.82, 2.24) is 4.90 Å². The Morgan fingerprint density at radius 3 is 2.56 bits per heavy atom. The number of carbonyl (C=O) groups is 1. The molecule has 0 unspecified atom stereocenters. The molecule has 2 rings (SSSR count). The van der Waals surface area contributed by atoms with Crippen molar-refractivity contribution in [3.63, 3.8) is 0 Å². The fourth-order valence-electron chi connectivity index (χ4n) is 1.95. The molecule has 0 saturated carbocycles. The monoisotopic (exact) mass is 253 g/mol. The first-order valence-electron chi connectivity index (χ1n) is 5.69. The third-order valence-electron chi connectivity index (χ3n) is 2.81. The van der Waals surface area contributed by atoms with Crippen molar-refractivity contribution < 1.29 is 23.9 Å². The maximum atomic E-state index is 13.7. The summed E-state index contributed by atoms with van der Waals surface area (Å²) in [4.78, 5) is 13.5. The maximum Gasteiger partial charge on any atom is 0.707 e. The van der Waals surface area contributed by atoms with E-state index in [0.717, 1.165) is 18.9 Å². The SMILES string of the molecule is O=C(c1ccc(OB(O)O)cc1F)N1CCCC1. The van der Waals surface area contributed by atoms with Gasteiger partial charge in [0, 0.05) is 19.2 Å². The van der Waals surface area contributed by atoms with Crippen LogP contribution in [0.3, 0.4) is 0 Å². The van der Waals surface area contributed by atoms with Crippen LogP contribution >= 0.6 is 0 Å². The highest BCUT2D eigenvalue weighted by Crippen LogP contribution is 2.20. The van der Waals surface area contributed by atoms with Crippen LogP contribution in [0.15, 0.2) is 18.2 Å². The van der Waals surface area contributed by atoms with Crippen LogP contribution < -0.4 is 4.65 Å². The number of halogens is 1. The highest BCUT2D eigenvalue weighted by molar-refractivity contribution is 6.33. The summed E-state index contributed by atoms with van der Waals surface area (Å²) in [6.45, 7) is 1.29. The van der Waals surface area contributed by atoms with Crippen molar-refractivity contribution in [3.8, 4) is 5.75 Å². The molecule has 1 heterocycles. The Hall–Kier alpha value is -1.60. The van der Waals surface area contributed by atoms with Crippen molar-refractivity contribution in [2.24, 2.45) is 0 Å². The molecule has 7 heteroatoms. The van der Waals surface area contributed by atoms with Crippen molar-refractivity contribution >= 4 is 13.2 Å². The minimum Gasteiger partial charge on any atom is -0.512 e. The van der Waals surface area contributed by atoms with E-state index in [4.69, 9.17) is 10.0 Å². The smallest absolute Gasteiger partial charge is 0.512 e. The minimum atomic E-state index is -2.01. The van der Waals surface area contributed by atoms with E-state index >= 15 is 0 Å². The van der Waals surface area contributed by atoms with Gasteiger partial charge in [0.2, 0.25) is 0 Å². The second-order valence-corrected chi connectivity index (χ2v) is 4.09. The molecule has 1 aliphatic heterocycles. The van der Waals surface area contributed by atoms with Crippen LogP contribution in [0.25, 0.3) is 0 Å². The van der Waals surface area contributed by atoms with Crippen LogP contribution in [0.2, 0.25) is 0 Å². The molecule has 5 nitrogen and oxygen atoms in total. The summed E-state index contributed by atoms with van der Waals surface area (Å²) in [7, 11) is -2.01. The van der Waals surface area contributed by atoms with E-state index in [1.54, 1.807) is 4.90 Å². The van der Waals surface area contributed by atoms with Gasteiger partial charge >= 0.3 is 7.32 Å². The Balaban J connectivity index is 2.16.